The maximum Gasteiger partial charge on any atom is 0.320 e. The van der Waals surface area contributed by atoms with Crippen molar-refractivity contribution in [2.24, 2.45) is 5.92 Å². The first-order valence-corrected chi connectivity index (χ1v) is 6.53. The first kappa shape index (κ1) is 10.8. The van der Waals surface area contributed by atoms with Crippen molar-refractivity contribution in [1.29, 1.82) is 0 Å². The van der Waals surface area contributed by atoms with Gasteiger partial charge in [0.1, 0.15) is 0 Å². The van der Waals surface area contributed by atoms with Crippen molar-refractivity contribution < 1.29 is 18.3 Å². The van der Waals surface area contributed by atoms with Crippen LogP contribution in [0.2, 0.25) is 0 Å². The lowest BCUT2D eigenvalue weighted by Gasteiger charge is -2.21. The molecule has 86 valence electrons. The van der Waals surface area contributed by atoms with Crippen LogP contribution in [0, 0.1) is 5.92 Å². The number of carbonyl (C=O) groups is 1. The fourth-order valence-electron chi connectivity index (χ4n) is 2.39. The molecule has 7 heteroatoms. The second kappa shape index (κ2) is 3.73. The number of nitrogens with one attached hydrogen (secondary N) is 1. The average molecular weight is 234 g/mol. The molecule has 2 saturated heterocycles. The number of nitrogens with zero attached hydrogens (tertiary/aromatic N) is 1. The summed E-state index contributed by atoms with van der Waals surface area (Å²) in [7, 11) is -3.62. The molecule has 2 rings (SSSR count). The molecule has 0 radical (unpaired) electrons. The Labute approximate surface area is 88.3 Å². The van der Waals surface area contributed by atoms with Gasteiger partial charge in [-0.2, -0.15) is 4.31 Å². The predicted molar refractivity (Wildman–Crippen MR) is 52.9 cm³/mol. The van der Waals surface area contributed by atoms with Crippen molar-refractivity contribution in [3.8, 4) is 0 Å². The van der Waals surface area contributed by atoms with Gasteiger partial charge in [0.25, 0.3) is 0 Å². The van der Waals surface area contributed by atoms with Gasteiger partial charge >= 0.3 is 5.97 Å². The van der Waals surface area contributed by atoms with Crippen LogP contribution in [-0.4, -0.2) is 55.2 Å². The van der Waals surface area contributed by atoms with Gasteiger partial charge in [0.2, 0.25) is 10.0 Å². The van der Waals surface area contributed by atoms with Crippen LogP contribution in [-0.2, 0) is 14.8 Å². The summed E-state index contributed by atoms with van der Waals surface area (Å²) in [5.74, 6) is -1.73. The number of carboxylic acid groups (broad SMARTS) is 1. The lowest BCUT2D eigenvalue weighted by molar-refractivity contribution is -0.134. The zero-order valence-corrected chi connectivity index (χ0v) is 9.03. The van der Waals surface area contributed by atoms with Gasteiger partial charge in [-0.05, 0) is 18.9 Å². The zero-order chi connectivity index (χ0) is 11.1. The standard InChI is InChI=1S/C8H14N2O4S/c11-8(12)5-15(13,14)10-2-1-6-3-9-4-7(6)10/h6-7,9H,1-5H2,(H,11,12)/t6-,7+/m0/s1. The SMILES string of the molecule is O=C(O)CS(=O)(=O)N1CC[C@H]2CNC[C@H]21. The molecule has 0 aromatic carbocycles. The first-order chi connectivity index (χ1) is 7.00. The van der Waals surface area contributed by atoms with E-state index in [0.29, 0.717) is 19.0 Å². The molecule has 2 atom stereocenters. The molecule has 2 heterocycles. The Kier molecular flexibility index (Phi) is 2.70. The third-order valence-corrected chi connectivity index (χ3v) is 4.84. The number of hydrogen-bond acceptors (Lipinski definition) is 4. The van der Waals surface area contributed by atoms with E-state index in [2.05, 4.69) is 5.32 Å². The maximum atomic E-state index is 11.7. The highest BCUT2D eigenvalue weighted by Gasteiger charge is 2.43. The third-order valence-electron chi connectivity index (χ3n) is 3.06. The van der Waals surface area contributed by atoms with Crippen molar-refractivity contribution in [1.82, 2.24) is 9.62 Å². The topological polar surface area (TPSA) is 86.7 Å². The minimum atomic E-state index is -3.62. The van der Waals surface area contributed by atoms with E-state index in [9.17, 15) is 13.2 Å². The lowest BCUT2D eigenvalue weighted by Crippen LogP contribution is -2.41. The van der Waals surface area contributed by atoms with E-state index in [1.807, 2.05) is 0 Å². The summed E-state index contributed by atoms with van der Waals surface area (Å²) in [6, 6.07) is -0.0330. The van der Waals surface area contributed by atoms with Crippen molar-refractivity contribution in [2.75, 3.05) is 25.4 Å². The fourth-order valence-corrected chi connectivity index (χ4v) is 3.91. The Hall–Kier alpha value is -0.660. The molecule has 0 amide bonds. The molecule has 2 aliphatic rings. The predicted octanol–water partition coefficient (Wildman–Crippen LogP) is -1.31. The van der Waals surface area contributed by atoms with Gasteiger partial charge in [-0.1, -0.05) is 0 Å². The van der Waals surface area contributed by atoms with E-state index < -0.39 is 21.7 Å². The molecular formula is C8H14N2O4S. The molecule has 0 unspecified atom stereocenters. The number of fused-ring (bicyclic) bond motifs is 1. The minimum Gasteiger partial charge on any atom is -0.480 e. The normalized spacial score (nSPS) is 31.7. The largest absolute Gasteiger partial charge is 0.480 e. The maximum absolute atomic E-state index is 11.7. The van der Waals surface area contributed by atoms with Gasteiger partial charge in [0, 0.05) is 19.1 Å². The van der Waals surface area contributed by atoms with Crippen LogP contribution in [0.15, 0.2) is 0 Å². The van der Waals surface area contributed by atoms with Crippen LogP contribution in [0.4, 0.5) is 0 Å². The molecule has 15 heavy (non-hydrogen) atoms. The fraction of sp³-hybridized carbons (Fsp3) is 0.875. The van der Waals surface area contributed by atoms with Gasteiger partial charge in [0.05, 0.1) is 0 Å². The average Bonchev–Trinajstić information content (AvgIpc) is 2.57. The van der Waals surface area contributed by atoms with E-state index in [1.165, 1.54) is 4.31 Å². The molecule has 6 nitrogen and oxygen atoms in total. The van der Waals surface area contributed by atoms with Crippen molar-refractivity contribution in [3.05, 3.63) is 0 Å². The van der Waals surface area contributed by atoms with Crippen molar-refractivity contribution in [3.63, 3.8) is 0 Å². The van der Waals surface area contributed by atoms with Crippen LogP contribution in [0.1, 0.15) is 6.42 Å². The second-order valence-corrected chi connectivity index (χ2v) is 5.96. The molecule has 0 aromatic heterocycles. The summed E-state index contributed by atoms with van der Waals surface area (Å²) in [6.07, 6.45) is 0.830. The molecule has 2 N–H and O–H groups in total. The Morgan fingerprint density at radius 1 is 1.47 bits per heavy atom. The smallest absolute Gasteiger partial charge is 0.320 e. The van der Waals surface area contributed by atoms with E-state index in [4.69, 9.17) is 5.11 Å². The number of rotatable bonds is 3. The molecule has 0 saturated carbocycles. The summed E-state index contributed by atoms with van der Waals surface area (Å²) in [5, 5.41) is 11.7. The van der Waals surface area contributed by atoms with Crippen LogP contribution >= 0.6 is 0 Å². The Morgan fingerprint density at radius 2 is 2.20 bits per heavy atom. The highest BCUT2D eigenvalue weighted by Crippen LogP contribution is 2.29. The minimum absolute atomic E-state index is 0.0330. The Balaban J connectivity index is 2.14. The van der Waals surface area contributed by atoms with Crippen molar-refractivity contribution in [2.45, 2.75) is 12.5 Å². The van der Waals surface area contributed by atoms with E-state index in [1.54, 1.807) is 0 Å². The molecule has 0 aromatic rings. The van der Waals surface area contributed by atoms with E-state index in [-0.39, 0.29) is 6.04 Å². The van der Waals surface area contributed by atoms with Gasteiger partial charge in [-0.15, -0.1) is 0 Å². The van der Waals surface area contributed by atoms with E-state index >= 15 is 0 Å². The molecular weight excluding hydrogens is 220 g/mol. The van der Waals surface area contributed by atoms with Crippen molar-refractivity contribution >= 4 is 16.0 Å². The molecule has 2 fully saturated rings. The Morgan fingerprint density at radius 3 is 2.87 bits per heavy atom. The quantitative estimate of drug-likeness (QED) is 0.633. The summed E-state index contributed by atoms with van der Waals surface area (Å²) in [5.41, 5.74) is 0. The van der Waals surface area contributed by atoms with Crippen LogP contribution < -0.4 is 5.32 Å². The van der Waals surface area contributed by atoms with Gasteiger partial charge < -0.3 is 10.4 Å². The second-order valence-electron chi connectivity index (χ2n) is 4.04. The van der Waals surface area contributed by atoms with Gasteiger partial charge in [-0.3, -0.25) is 4.79 Å². The summed E-state index contributed by atoms with van der Waals surface area (Å²) < 4.78 is 24.8. The molecule has 0 bridgehead atoms. The lowest BCUT2D eigenvalue weighted by atomic mass is 10.1. The number of hydrogen-bond donors (Lipinski definition) is 2. The highest BCUT2D eigenvalue weighted by atomic mass is 32.2. The summed E-state index contributed by atoms with van der Waals surface area (Å²) in [4.78, 5) is 10.4. The first-order valence-electron chi connectivity index (χ1n) is 4.93. The summed E-state index contributed by atoms with van der Waals surface area (Å²) >= 11 is 0. The molecule has 0 aliphatic carbocycles. The number of aliphatic carboxylic acids is 1. The van der Waals surface area contributed by atoms with Crippen LogP contribution in [0.3, 0.4) is 0 Å². The number of carboxylic acids is 1. The monoisotopic (exact) mass is 234 g/mol. The molecule has 2 aliphatic heterocycles. The van der Waals surface area contributed by atoms with Crippen LogP contribution in [0.25, 0.3) is 0 Å². The zero-order valence-electron chi connectivity index (χ0n) is 8.22. The summed E-state index contributed by atoms with van der Waals surface area (Å²) in [6.45, 7) is 1.94. The van der Waals surface area contributed by atoms with E-state index in [0.717, 1.165) is 13.0 Å². The highest BCUT2D eigenvalue weighted by molar-refractivity contribution is 7.89. The van der Waals surface area contributed by atoms with Crippen LogP contribution in [0.5, 0.6) is 0 Å². The molecule has 0 spiro atoms. The van der Waals surface area contributed by atoms with Gasteiger partial charge in [-0.25, -0.2) is 8.42 Å². The third kappa shape index (κ3) is 1.99. The number of sulfonamides is 1. The Bertz CT molecular complexity index is 367. The van der Waals surface area contributed by atoms with Gasteiger partial charge in [0.15, 0.2) is 5.75 Å².